The molecule has 0 bridgehead atoms. The first-order valence-electron chi connectivity index (χ1n) is 7.61. The molecule has 0 aromatic heterocycles. The number of carbonyl (C=O) groups is 1. The lowest BCUT2D eigenvalue weighted by Crippen LogP contribution is -2.33. The molecule has 1 N–H and O–H groups in total. The number of carboxylic acid groups (broad SMARTS) is 1. The van der Waals surface area contributed by atoms with Crippen molar-refractivity contribution >= 4 is 5.97 Å². The van der Waals surface area contributed by atoms with Crippen LogP contribution in [0.4, 0.5) is 0 Å². The summed E-state index contributed by atoms with van der Waals surface area (Å²) in [6.45, 7) is 0.713. The van der Waals surface area contributed by atoms with Crippen molar-refractivity contribution in [2.75, 3.05) is 6.61 Å². The van der Waals surface area contributed by atoms with E-state index in [1.165, 1.54) is 17.5 Å². The third kappa shape index (κ3) is 1.87. The highest BCUT2D eigenvalue weighted by Crippen LogP contribution is 2.62. The third-order valence-electron chi connectivity index (χ3n) is 5.50. The summed E-state index contributed by atoms with van der Waals surface area (Å²) in [6.07, 6.45) is 4.51. The summed E-state index contributed by atoms with van der Waals surface area (Å²) in [7, 11) is 0. The summed E-state index contributed by atoms with van der Waals surface area (Å²) in [5.41, 5.74) is 2.00. The molecule has 3 nitrogen and oxygen atoms in total. The molecule has 0 amide bonds. The number of carboxylic acids is 1. The number of hydrogen-bond acceptors (Lipinski definition) is 2. The van der Waals surface area contributed by atoms with Crippen molar-refractivity contribution in [3.05, 3.63) is 35.4 Å². The lowest BCUT2D eigenvalue weighted by Gasteiger charge is -2.33. The number of hydrogen-bond donors (Lipinski definition) is 1. The highest BCUT2D eigenvalue weighted by Gasteiger charge is 2.58. The number of aliphatic carboxylic acids is 1. The fourth-order valence-electron chi connectivity index (χ4n) is 4.33. The molecule has 106 valence electrons. The van der Waals surface area contributed by atoms with Crippen LogP contribution in [0.1, 0.15) is 42.9 Å². The first kappa shape index (κ1) is 12.4. The predicted octanol–water partition coefficient (Wildman–Crippen LogP) is 3.19. The third-order valence-corrected chi connectivity index (χ3v) is 5.50. The summed E-state index contributed by atoms with van der Waals surface area (Å²) >= 11 is 0. The van der Waals surface area contributed by atoms with Crippen LogP contribution in [-0.4, -0.2) is 17.7 Å². The maximum Gasteiger partial charge on any atom is 0.309 e. The van der Waals surface area contributed by atoms with E-state index in [9.17, 15) is 9.90 Å². The normalized spacial score (nSPS) is 38.1. The standard InChI is InChI=1S/C17H20O3/c18-16(19)17(8-12-7-13(12)9-17)10-15-14-4-2-1-3-11(14)5-6-20-15/h1-4,12-13,15H,5-10H2,(H,18,19). The van der Waals surface area contributed by atoms with Crippen LogP contribution in [0.15, 0.2) is 24.3 Å². The Morgan fingerprint density at radius 2 is 2.05 bits per heavy atom. The lowest BCUT2D eigenvalue weighted by molar-refractivity contribution is -0.152. The molecule has 4 rings (SSSR count). The quantitative estimate of drug-likeness (QED) is 0.919. The summed E-state index contributed by atoms with van der Waals surface area (Å²) in [5, 5.41) is 9.73. The van der Waals surface area contributed by atoms with E-state index in [4.69, 9.17) is 4.74 Å². The van der Waals surface area contributed by atoms with E-state index in [1.54, 1.807) is 0 Å². The zero-order chi connectivity index (χ0) is 13.7. The van der Waals surface area contributed by atoms with E-state index in [1.807, 2.05) is 6.07 Å². The Morgan fingerprint density at radius 3 is 2.80 bits per heavy atom. The van der Waals surface area contributed by atoms with E-state index < -0.39 is 11.4 Å². The van der Waals surface area contributed by atoms with Crippen LogP contribution in [0.5, 0.6) is 0 Å². The predicted molar refractivity (Wildman–Crippen MR) is 74.4 cm³/mol. The van der Waals surface area contributed by atoms with Gasteiger partial charge in [0.05, 0.1) is 18.1 Å². The van der Waals surface area contributed by atoms with Crippen LogP contribution in [-0.2, 0) is 16.0 Å². The minimum atomic E-state index is -0.614. The van der Waals surface area contributed by atoms with Crippen LogP contribution < -0.4 is 0 Å². The van der Waals surface area contributed by atoms with E-state index in [2.05, 4.69) is 18.2 Å². The van der Waals surface area contributed by atoms with Crippen LogP contribution in [0, 0.1) is 17.3 Å². The molecule has 1 aromatic rings. The molecule has 20 heavy (non-hydrogen) atoms. The number of ether oxygens (including phenoxy) is 1. The topological polar surface area (TPSA) is 46.5 Å². The van der Waals surface area contributed by atoms with Crippen molar-refractivity contribution < 1.29 is 14.6 Å². The highest BCUT2D eigenvalue weighted by molar-refractivity contribution is 5.75. The van der Waals surface area contributed by atoms with Gasteiger partial charge in [0.15, 0.2) is 0 Å². The zero-order valence-electron chi connectivity index (χ0n) is 11.5. The van der Waals surface area contributed by atoms with Gasteiger partial charge in [0.25, 0.3) is 0 Å². The van der Waals surface area contributed by atoms with Gasteiger partial charge in [-0.2, -0.15) is 0 Å². The summed E-state index contributed by atoms with van der Waals surface area (Å²) in [4.78, 5) is 11.8. The molecule has 3 atom stereocenters. The van der Waals surface area contributed by atoms with Crippen molar-refractivity contribution in [1.82, 2.24) is 0 Å². The molecule has 2 saturated carbocycles. The van der Waals surface area contributed by atoms with Crippen molar-refractivity contribution in [3.8, 4) is 0 Å². The van der Waals surface area contributed by atoms with Gasteiger partial charge >= 0.3 is 5.97 Å². The summed E-state index contributed by atoms with van der Waals surface area (Å²) in [6, 6.07) is 8.33. The van der Waals surface area contributed by atoms with Gasteiger partial charge in [-0.05, 0) is 55.1 Å². The molecule has 3 aliphatic rings. The second kappa shape index (κ2) is 4.32. The Hall–Kier alpha value is -1.35. The Balaban J connectivity index is 1.61. The van der Waals surface area contributed by atoms with E-state index >= 15 is 0 Å². The zero-order valence-corrected chi connectivity index (χ0v) is 11.5. The minimum absolute atomic E-state index is 0.0338. The smallest absolute Gasteiger partial charge is 0.309 e. The Labute approximate surface area is 118 Å². The fourth-order valence-corrected chi connectivity index (χ4v) is 4.33. The lowest BCUT2D eigenvalue weighted by atomic mass is 9.76. The van der Waals surface area contributed by atoms with Crippen LogP contribution >= 0.6 is 0 Å². The molecule has 3 unspecified atom stereocenters. The molecule has 0 spiro atoms. The number of fused-ring (bicyclic) bond motifs is 2. The second-order valence-corrected chi connectivity index (χ2v) is 6.76. The Bertz CT molecular complexity index is 541. The van der Waals surface area contributed by atoms with Gasteiger partial charge < -0.3 is 9.84 Å². The average Bonchev–Trinajstić information content (AvgIpc) is 3.07. The summed E-state index contributed by atoms with van der Waals surface area (Å²) < 4.78 is 5.93. The molecule has 1 heterocycles. The molecule has 1 aromatic carbocycles. The second-order valence-electron chi connectivity index (χ2n) is 6.76. The first-order chi connectivity index (χ1) is 9.68. The minimum Gasteiger partial charge on any atom is -0.481 e. The number of rotatable bonds is 3. The first-order valence-corrected chi connectivity index (χ1v) is 7.61. The maximum atomic E-state index is 11.8. The van der Waals surface area contributed by atoms with E-state index in [0.717, 1.165) is 19.3 Å². The Morgan fingerprint density at radius 1 is 1.30 bits per heavy atom. The fraction of sp³-hybridized carbons (Fsp3) is 0.588. The van der Waals surface area contributed by atoms with Gasteiger partial charge in [-0.25, -0.2) is 0 Å². The van der Waals surface area contributed by atoms with Gasteiger partial charge in [-0.15, -0.1) is 0 Å². The van der Waals surface area contributed by atoms with E-state index in [-0.39, 0.29) is 6.10 Å². The number of benzene rings is 1. The monoisotopic (exact) mass is 272 g/mol. The SMILES string of the molecule is O=C(O)C1(CC2OCCc3ccccc32)CC2CC2C1. The van der Waals surface area contributed by atoms with Crippen LogP contribution in [0.2, 0.25) is 0 Å². The highest BCUT2D eigenvalue weighted by atomic mass is 16.5. The molecule has 2 fully saturated rings. The Kier molecular flexibility index (Phi) is 2.68. The van der Waals surface area contributed by atoms with Gasteiger partial charge in [-0.3, -0.25) is 4.79 Å². The van der Waals surface area contributed by atoms with Gasteiger partial charge in [-0.1, -0.05) is 24.3 Å². The van der Waals surface area contributed by atoms with Crippen LogP contribution in [0.25, 0.3) is 0 Å². The summed E-state index contributed by atoms with van der Waals surface area (Å²) in [5.74, 6) is 0.728. The van der Waals surface area contributed by atoms with Crippen LogP contribution in [0.3, 0.4) is 0 Å². The van der Waals surface area contributed by atoms with E-state index in [0.29, 0.717) is 24.9 Å². The van der Waals surface area contributed by atoms with Gasteiger partial charge in [0, 0.05) is 0 Å². The van der Waals surface area contributed by atoms with Crippen molar-refractivity contribution in [3.63, 3.8) is 0 Å². The molecular weight excluding hydrogens is 252 g/mol. The van der Waals surface area contributed by atoms with Gasteiger partial charge in [0.2, 0.25) is 0 Å². The molecule has 0 saturated heterocycles. The van der Waals surface area contributed by atoms with Crippen molar-refractivity contribution in [2.24, 2.45) is 17.3 Å². The molecule has 3 heteroatoms. The average molecular weight is 272 g/mol. The maximum absolute atomic E-state index is 11.8. The molecule has 1 aliphatic heterocycles. The largest absolute Gasteiger partial charge is 0.481 e. The molecule has 0 radical (unpaired) electrons. The van der Waals surface area contributed by atoms with Crippen molar-refractivity contribution in [2.45, 2.75) is 38.2 Å². The van der Waals surface area contributed by atoms with Gasteiger partial charge in [0.1, 0.15) is 0 Å². The molecule has 2 aliphatic carbocycles. The van der Waals surface area contributed by atoms with Crippen molar-refractivity contribution in [1.29, 1.82) is 0 Å². The molecular formula is C17H20O3.